The predicted octanol–water partition coefficient (Wildman–Crippen LogP) is 0.309. The van der Waals surface area contributed by atoms with E-state index in [1.807, 2.05) is 0 Å². The van der Waals surface area contributed by atoms with Crippen LogP contribution in [-0.4, -0.2) is 43.0 Å². The maximum Gasteiger partial charge on any atom is 0.221 e. The summed E-state index contributed by atoms with van der Waals surface area (Å²) < 4.78 is 16.1. The van der Waals surface area contributed by atoms with E-state index >= 15 is 0 Å². The number of aliphatic hydroxyl groups is 1. The SMILES string of the molecule is COC1=CC(CO)(c2cnc(N)nc2N)CC(OC)=C1OC. The van der Waals surface area contributed by atoms with Crippen molar-refractivity contribution in [2.45, 2.75) is 11.8 Å². The van der Waals surface area contributed by atoms with Crippen LogP contribution in [0.15, 0.2) is 29.6 Å². The third-order valence-corrected chi connectivity index (χ3v) is 3.69. The van der Waals surface area contributed by atoms with Gasteiger partial charge in [-0.15, -0.1) is 0 Å². The first-order chi connectivity index (χ1) is 10.5. The number of aromatic nitrogens is 2. The number of methoxy groups -OCH3 is 3. The maximum absolute atomic E-state index is 10.0. The highest BCUT2D eigenvalue weighted by Crippen LogP contribution is 2.42. The quantitative estimate of drug-likeness (QED) is 0.709. The summed E-state index contributed by atoms with van der Waals surface area (Å²) in [5, 5.41) is 10.0. The second-order valence-corrected chi connectivity index (χ2v) is 4.89. The van der Waals surface area contributed by atoms with Gasteiger partial charge in [0.05, 0.1) is 33.4 Å². The zero-order valence-corrected chi connectivity index (χ0v) is 12.8. The fraction of sp³-hybridized carbons (Fsp3) is 0.429. The molecule has 0 aliphatic heterocycles. The number of allylic oxidation sites excluding steroid dienone is 1. The lowest BCUT2D eigenvalue weighted by molar-refractivity contribution is 0.140. The molecule has 1 heterocycles. The molecule has 1 aliphatic carbocycles. The Morgan fingerprint density at radius 1 is 1.23 bits per heavy atom. The van der Waals surface area contributed by atoms with Crippen LogP contribution < -0.4 is 11.5 Å². The molecule has 1 aromatic rings. The van der Waals surface area contributed by atoms with E-state index in [0.29, 0.717) is 29.3 Å². The monoisotopic (exact) mass is 308 g/mol. The molecule has 0 spiro atoms. The topological polar surface area (TPSA) is 126 Å². The largest absolute Gasteiger partial charge is 0.497 e. The van der Waals surface area contributed by atoms with Crippen LogP contribution in [0.2, 0.25) is 0 Å². The molecule has 0 radical (unpaired) electrons. The Hall–Kier alpha value is -2.48. The number of rotatable bonds is 5. The molecular weight excluding hydrogens is 288 g/mol. The predicted molar refractivity (Wildman–Crippen MR) is 80.4 cm³/mol. The van der Waals surface area contributed by atoms with Gasteiger partial charge in [-0.25, -0.2) is 4.98 Å². The van der Waals surface area contributed by atoms with Crippen LogP contribution in [0.1, 0.15) is 12.0 Å². The molecule has 120 valence electrons. The van der Waals surface area contributed by atoms with Crippen LogP contribution in [0.25, 0.3) is 0 Å². The first-order valence-corrected chi connectivity index (χ1v) is 6.59. The highest BCUT2D eigenvalue weighted by atomic mass is 16.5. The van der Waals surface area contributed by atoms with Gasteiger partial charge >= 0.3 is 0 Å². The van der Waals surface area contributed by atoms with Crippen molar-refractivity contribution in [1.29, 1.82) is 0 Å². The molecule has 1 atom stereocenters. The third-order valence-electron chi connectivity index (χ3n) is 3.69. The average Bonchev–Trinajstić information content (AvgIpc) is 2.53. The Morgan fingerprint density at radius 3 is 2.45 bits per heavy atom. The van der Waals surface area contributed by atoms with E-state index in [0.717, 1.165) is 0 Å². The van der Waals surface area contributed by atoms with Gasteiger partial charge in [0.1, 0.15) is 11.6 Å². The second kappa shape index (κ2) is 6.10. The Kier molecular flexibility index (Phi) is 4.41. The minimum atomic E-state index is -0.878. The standard InChI is InChI=1S/C14H20N4O4/c1-20-9-4-14(7-19,5-10(21-2)11(9)22-3)8-6-17-13(16)18-12(8)15/h4,6,19H,5,7H2,1-3H3,(H4,15,16,17,18). The second-order valence-electron chi connectivity index (χ2n) is 4.89. The van der Waals surface area contributed by atoms with Gasteiger partial charge in [0.15, 0.2) is 11.5 Å². The normalized spacial score (nSPS) is 21.4. The molecule has 1 aliphatic rings. The molecule has 0 aromatic carbocycles. The van der Waals surface area contributed by atoms with Crippen molar-refractivity contribution in [2.24, 2.45) is 0 Å². The van der Waals surface area contributed by atoms with Crippen molar-refractivity contribution in [2.75, 3.05) is 39.4 Å². The van der Waals surface area contributed by atoms with Gasteiger partial charge in [-0.1, -0.05) is 0 Å². The van der Waals surface area contributed by atoms with E-state index in [1.165, 1.54) is 27.5 Å². The fourth-order valence-corrected chi connectivity index (χ4v) is 2.56. The number of nitrogen functional groups attached to an aromatic ring is 2. The number of ether oxygens (including phenoxy) is 3. The van der Waals surface area contributed by atoms with Crippen molar-refractivity contribution in [1.82, 2.24) is 9.97 Å². The Morgan fingerprint density at radius 2 is 1.95 bits per heavy atom. The molecule has 8 heteroatoms. The zero-order chi connectivity index (χ0) is 16.3. The van der Waals surface area contributed by atoms with E-state index in [2.05, 4.69) is 9.97 Å². The Labute approximate surface area is 128 Å². The van der Waals surface area contributed by atoms with E-state index in [-0.39, 0.29) is 18.4 Å². The molecule has 22 heavy (non-hydrogen) atoms. The van der Waals surface area contributed by atoms with Crippen molar-refractivity contribution in [3.05, 3.63) is 35.1 Å². The van der Waals surface area contributed by atoms with Crippen molar-refractivity contribution >= 4 is 11.8 Å². The summed E-state index contributed by atoms with van der Waals surface area (Å²) >= 11 is 0. The van der Waals surface area contributed by atoms with Gasteiger partial charge in [-0.2, -0.15) is 4.98 Å². The summed E-state index contributed by atoms with van der Waals surface area (Å²) in [6.07, 6.45) is 3.57. The number of hydrogen-bond donors (Lipinski definition) is 3. The van der Waals surface area contributed by atoms with Crippen LogP contribution in [0.4, 0.5) is 11.8 Å². The number of hydrogen-bond acceptors (Lipinski definition) is 8. The highest BCUT2D eigenvalue weighted by molar-refractivity contribution is 5.52. The molecule has 8 nitrogen and oxygen atoms in total. The number of nitrogens with two attached hydrogens (primary N) is 2. The van der Waals surface area contributed by atoms with Crippen LogP contribution in [-0.2, 0) is 19.6 Å². The molecule has 0 saturated carbocycles. The first-order valence-electron chi connectivity index (χ1n) is 6.59. The number of anilines is 2. The fourth-order valence-electron chi connectivity index (χ4n) is 2.56. The molecular formula is C14H20N4O4. The van der Waals surface area contributed by atoms with Crippen molar-refractivity contribution in [3.8, 4) is 0 Å². The van der Waals surface area contributed by atoms with E-state index in [9.17, 15) is 5.11 Å². The summed E-state index contributed by atoms with van der Waals surface area (Å²) in [6, 6.07) is 0. The van der Waals surface area contributed by atoms with Gasteiger partial charge in [-0.3, -0.25) is 0 Å². The van der Waals surface area contributed by atoms with Gasteiger partial charge in [0, 0.05) is 18.2 Å². The van der Waals surface area contributed by atoms with Gasteiger partial charge in [-0.05, 0) is 6.08 Å². The van der Waals surface area contributed by atoms with E-state index in [1.54, 1.807) is 6.08 Å². The summed E-state index contributed by atoms with van der Waals surface area (Å²) in [7, 11) is 4.56. The van der Waals surface area contributed by atoms with Crippen LogP contribution >= 0.6 is 0 Å². The molecule has 1 aromatic heterocycles. The molecule has 0 fully saturated rings. The minimum Gasteiger partial charge on any atom is -0.497 e. The van der Waals surface area contributed by atoms with Crippen molar-refractivity contribution < 1.29 is 19.3 Å². The maximum atomic E-state index is 10.0. The summed E-state index contributed by atoms with van der Waals surface area (Å²) in [6.45, 7) is -0.235. The molecule has 5 N–H and O–H groups in total. The minimum absolute atomic E-state index is 0.0705. The van der Waals surface area contributed by atoms with E-state index < -0.39 is 5.41 Å². The molecule has 0 bridgehead atoms. The molecule has 0 saturated heterocycles. The molecule has 0 amide bonds. The van der Waals surface area contributed by atoms with Crippen LogP contribution in [0.5, 0.6) is 0 Å². The summed E-state index contributed by atoms with van der Waals surface area (Å²) in [5.41, 5.74) is 11.2. The summed E-state index contributed by atoms with van der Waals surface area (Å²) in [4.78, 5) is 7.92. The third kappa shape index (κ3) is 2.52. The highest BCUT2D eigenvalue weighted by Gasteiger charge is 2.40. The summed E-state index contributed by atoms with van der Waals surface area (Å²) in [5.74, 6) is 1.72. The first kappa shape index (κ1) is 15.9. The van der Waals surface area contributed by atoms with Crippen molar-refractivity contribution in [3.63, 3.8) is 0 Å². The lowest BCUT2D eigenvalue weighted by Gasteiger charge is -2.34. The zero-order valence-electron chi connectivity index (χ0n) is 12.8. The van der Waals surface area contributed by atoms with Gasteiger partial charge in [0.25, 0.3) is 0 Å². The number of nitrogens with zero attached hydrogens (tertiary/aromatic N) is 2. The molecule has 2 rings (SSSR count). The molecule has 1 unspecified atom stereocenters. The lowest BCUT2D eigenvalue weighted by atomic mass is 9.75. The Balaban J connectivity index is 2.60. The Bertz CT molecular complexity index is 629. The van der Waals surface area contributed by atoms with Crippen LogP contribution in [0.3, 0.4) is 0 Å². The lowest BCUT2D eigenvalue weighted by Crippen LogP contribution is -2.34. The smallest absolute Gasteiger partial charge is 0.221 e. The van der Waals surface area contributed by atoms with Gasteiger partial charge < -0.3 is 30.8 Å². The average molecular weight is 308 g/mol. The van der Waals surface area contributed by atoms with Crippen LogP contribution in [0, 0.1) is 0 Å². The van der Waals surface area contributed by atoms with E-state index in [4.69, 9.17) is 25.7 Å². The van der Waals surface area contributed by atoms with Gasteiger partial charge in [0.2, 0.25) is 5.95 Å². The number of aliphatic hydroxyl groups excluding tert-OH is 1.